The number of nitrogen functional groups attached to an aromatic ring is 1. The molecule has 0 aromatic heterocycles. The SMILES string of the molecule is CC1(C)CC2CC(C)(CN2CC2CC(c3ccc(CO)cc3)OC(c3cccc(-c4cccc(CNC(=O)CCCCC(=O)Nc5ccccc5N)c4)c3)O2)C1. The second-order valence-corrected chi connectivity index (χ2v) is 17.4. The van der Waals surface area contributed by atoms with Gasteiger partial charge in [0.05, 0.1) is 30.2 Å². The minimum atomic E-state index is -0.532. The lowest BCUT2D eigenvalue weighted by atomic mass is 9.65. The van der Waals surface area contributed by atoms with Gasteiger partial charge in [-0.3, -0.25) is 14.5 Å². The molecule has 5 unspecified atom stereocenters. The number of hydrogen-bond donors (Lipinski definition) is 4. The first kappa shape index (κ1) is 39.7. The van der Waals surface area contributed by atoms with E-state index in [0.29, 0.717) is 60.5 Å². The highest BCUT2D eigenvalue weighted by atomic mass is 16.7. The summed E-state index contributed by atoms with van der Waals surface area (Å²) >= 11 is 0. The van der Waals surface area contributed by atoms with Crippen LogP contribution >= 0.6 is 0 Å². The predicted octanol–water partition coefficient (Wildman–Crippen LogP) is 8.69. The van der Waals surface area contributed by atoms with Crippen LogP contribution in [0.1, 0.15) is 107 Å². The average Bonchev–Trinajstić information content (AvgIpc) is 3.43. The Morgan fingerprint density at radius 2 is 1.55 bits per heavy atom. The smallest absolute Gasteiger partial charge is 0.224 e. The van der Waals surface area contributed by atoms with E-state index in [9.17, 15) is 14.7 Å². The molecule has 1 saturated carbocycles. The third-order valence-electron chi connectivity index (χ3n) is 11.8. The zero-order chi connectivity index (χ0) is 39.3. The van der Waals surface area contributed by atoms with Crippen molar-refractivity contribution in [1.82, 2.24) is 10.2 Å². The number of likely N-dealkylation sites (tertiary alicyclic amines) is 1. The molecule has 0 spiro atoms. The lowest BCUT2D eigenvalue weighted by Crippen LogP contribution is -2.42. The Hall–Kier alpha value is -4.54. The Morgan fingerprint density at radius 3 is 2.32 bits per heavy atom. The van der Waals surface area contributed by atoms with E-state index in [1.165, 1.54) is 19.3 Å². The second kappa shape index (κ2) is 17.3. The van der Waals surface area contributed by atoms with Gasteiger partial charge in [-0.15, -0.1) is 0 Å². The van der Waals surface area contributed by atoms with Crippen LogP contribution in [0, 0.1) is 10.8 Å². The molecule has 2 amide bonds. The summed E-state index contributed by atoms with van der Waals surface area (Å²) in [5, 5.41) is 15.5. The monoisotopic (exact) mass is 758 g/mol. The molecule has 3 aliphatic rings. The summed E-state index contributed by atoms with van der Waals surface area (Å²) in [4.78, 5) is 27.7. The van der Waals surface area contributed by atoms with Crippen LogP contribution in [0.25, 0.3) is 11.1 Å². The van der Waals surface area contributed by atoms with Gasteiger partial charge in [0, 0.05) is 50.5 Å². The molecule has 296 valence electrons. The van der Waals surface area contributed by atoms with E-state index in [0.717, 1.165) is 52.9 Å². The quantitative estimate of drug-likeness (QED) is 0.0749. The van der Waals surface area contributed by atoms with Crippen molar-refractivity contribution in [2.45, 2.75) is 110 Å². The number of hydrogen-bond acceptors (Lipinski definition) is 7. The molecule has 5 atom stereocenters. The van der Waals surface area contributed by atoms with Crippen molar-refractivity contribution < 1.29 is 24.2 Å². The van der Waals surface area contributed by atoms with Crippen molar-refractivity contribution in [3.05, 3.63) is 119 Å². The maximum Gasteiger partial charge on any atom is 0.224 e. The molecule has 7 rings (SSSR count). The van der Waals surface area contributed by atoms with Crippen LogP contribution in [-0.2, 0) is 32.2 Å². The molecule has 2 saturated heterocycles. The number of ether oxygens (including phenoxy) is 2. The predicted molar refractivity (Wildman–Crippen MR) is 221 cm³/mol. The lowest BCUT2D eigenvalue weighted by Gasteiger charge is -2.41. The summed E-state index contributed by atoms with van der Waals surface area (Å²) in [7, 11) is 0. The van der Waals surface area contributed by atoms with Gasteiger partial charge in [0.15, 0.2) is 6.29 Å². The molecular formula is C47H58N4O5. The number of carbonyl (C=O) groups is 2. The fourth-order valence-corrected chi connectivity index (χ4v) is 9.49. The largest absolute Gasteiger partial charge is 0.397 e. The van der Waals surface area contributed by atoms with Crippen molar-refractivity contribution in [1.29, 1.82) is 0 Å². The van der Waals surface area contributed by atoms with E-state index < -0.39 is 6.29 Å². The van der Waals surface area contributed by atoms with Crippen LogP contribution in [0.2, 0.25) is 0 Å². The van der Waals surface area contributed by atoms with E-state index in [1.54, 1.807) is 12.1 Å². The Balaban J connectivity index is 0.974. The Kier molecular flexibility index (Phi) is 12.3. The summed E-state index contributed by atoms with van der Waals surface area (Å²) in [6.07, 6.45) is 5.76. The molecule has 2 bridgehead atoms. The number of nitrogens with zero attached hydrogens (tertiary/aromatic N) is 1. The summed E-state index contributed by atoms with van der Waals surface area (Å²) in [5.41, 5.74) is 13.8. The van der Waals surface area contributed by atoms with E-state index in [1.807, 2.05) is 36.4 Å². The van der Waals surface area contributed by atoms with Crippen molar-refractivity contribution in [2.24, 2.45) is 10.8 Å². The molecule has 4 aromatic rings. The van der Waals surface area contributed by atoms with Gasteiger partial charge in [-0.05, 0) is 95.0 Å². The molecule has 56 heavy (non-hydrogen) atoms. The number of carbonyl (C=O) groups excluding carboxylic acids is 2. The van der Waals surface area contributed by atoms with Gasteiger partial charge in [-0.2, -0.15) is 0 Å². The van der Waals surface area contributed by atoms with Crippen LogP contribution in [0.5, 0.6) is 0 Å². The number of anilines is 2. The van der Waals surface area contributed by atoms with Gasteiger partial charge >= 0.3 is 0 Å². The molecule has 9 heteroatoms. The first-order valence-corrected chi connectivity index (χ1v) is 20.3. The zero-order valence-electron chi connectivity index (χ0n) is 33.1. The average molecular weight is 759 g/mol. The van der Waals surface area contributed by atoms with E-state index in [-0.39, 0.29) is 30.6 Å². The number of aliphatic hydroxyl groups is 1. The molecular weight excluding hydrogens is 701 g/mol. The van der Waals surface area contributed by atoms with Gasteiger partial charge in [0.2, 0.25) is 11.8 Å². The third kappa shape index (κ3) is 10.1. The Labute approximate surface area is 332 Å². The van der Waals surface area contributed by atoms with Gasteiger partial charge in [-0.25, -0.2) is 0 Å². The molecule has 4 aromatic carbocycles. The van der Waals surface area contributed by atoms with Crippen molar-refractivity contribution in [3.8, 4) is 11.1 Å². The number of nitrogens with two attached hydrogens (primary N) is 1. The third-order valence-corrected chi connectivity index (χ3v) is 11.8. The summed E-state index contributed by atoms with van der Waals surface area (Å²) in [5.74, 6) is -0.149. The van der Waals surface area contributed by atoms with Gasteiger partial charge in [0.1, 0.15) is 0 Å². The van der Waals surface area contributed by atoms with Crippen molar-refractivity contribution in [2.75, 3.05) is 24.1 Å². The van der Waals surface area contributed by atoms with Crippen molar-refractivity contribution >= 4 is 23.2 Å². The molecule has 2 aliphatic heterocycles. The van der Waals surface area contributed by atoms with E-state index >= 15 is 0 Å². The summed E-state index contributed by atoms with van der Waals surface area (Å²) < 4.78 is 13.6. The van der Waals surface area contributed by atoms with Gasteiger partial charge in [-0.1, -0.05) is 93.6 Å². The summed E-state index contributed by atoms with van der Waals surface area (Å²) in [6, 6.07) is 32.5. The van der Waals surface area contributed by atoms with Crippen LogP contribution in [0.4, 0.5) is 11.4 Å². The molecule has 1 aliphatic carbocycles. The topological polar surface area (TPSA) is 126 Å². The van der Waals surface area contributed by atoms with Crippen LogP contribution in [0.15, 0.2) is 97.1 Å². The number of aliphatic hydroxyl groups excluding tert-OH is 1. The second-order valence-electron chi connectivity index (χ2n) is 17.4. The zero-order valence-corrected chi connectivity index (χ0v) is 33.1. The molecule has 9 nitrogen and oxygen atoms in total. The maximum atomic E-state index is 12.7. The fourth-order valence-electron chi connectivity index (χ4n) is 9.49. The first-order valence-electron chi connectivity index (χ1n) is 20.3. The molecule has 5 N–H and O–H groups in total. The Bertz CT molecular complexity index is 1980. The number of benzene rings is 4. The number of nitrogens with one attached hydrogen (secondary N) is 2. The van der Waals surface area contributed by atoms with Crippen LogP contribution < -0.4 is 16.4 Å². The maximum absolute atomic E-state index is 12.7. The normalized spacial score (nSPS) is 24.4. The minimum absolute atomic E-state index is 0.00346. The first-order chi connectivity index (χ1) is 26.9. The molecule has 3 fully saturated rings. The number of fused-ring (bicyclic) bond motifs is 2. The lowest BCUT2D eigenvalue weighted by molar-refractivity contribution is -0.253. The van der Waals surface area contributed by atoms with E-state index in [4.69, 9.17) is 15.2 Å². The van der Waals surface area contributed by atoms with Gasteiger partial charge < -0.3 is 30.9 Å². The van der Waals surface area contributed by atoms with E-state index in [2.05, 4.69) is 84.8 Å². The van der Waals surface area contributed by atoms with Crippen LogP contribution in [-0.4, -0.2) is 47.1 Å². The number of unbranched alkanes of at least 4 members (excludes halogenated alkanes) is 1. The Morgan fingerprint density at radius 1 is 0.821 bits per heavy atom. The minimum Gasteiger partial charge on any atom is -0.397 e. The van der Waals surface area contributed by atoms with Gasteiger partial charge in [0.25, 0.3) is 0 Å². The summed E-state index contributed by atoms with van der Waals surface area (Å²) in [6.45, 7) is 9.73. The molecule has 0 radical (unpaired) electrons. The van der Waals surface area contributed by atoms with Crippen molar-refractivity contribution in [3.63, 3.8) is 0 Å². The highest BCUT2D eigenvalue weighted by Crippen LogP contribution is 2.53. The fraction of sp³-hybridized carbons (Fsp3) is 0.447. The highest BCUT2D eigenvalue weighted by Gasteiger charge is 2.50. The number of para-hydroxylation sites is 2. The number of rotatable bonds is 14. The number of amides is 2. The van der Waals surface area contributed by atoms with Crippen LogP contribution in [0.3, 0.4) is 0 Å². The molecule has 2 heterocycles. The highest BCUT2D eigenvalue weighted by molar-refractivity contribution is 5.93. The standard InChI is InChI=1S/C47H58N4O5/c1-46(2)25-38-26-47(3,30-46)31-51(38)28-39-24-42(34-20-18-32(29-52)19-21-34)56-45(55-39)37-13-9-12-36(23-37)35-11-8-10-33(22-35)27-49-43(53)16-6-7-17-44(54)50-41-15-5-4-14-40(41)48/h4-5,8-15,18-23,38-39,42,45,52H,6-7,16-17,24-31,48H2,1-3H3,(H,49,53)(H,50,54).